The molecule has 6 nitrogen and oxygen atoms in total. The quantitative estimate of drug-likeness (QED) is 0.811. The third-order valence-corrected chi connectivity index (χ3v) is 8.74. The second-order valence-corrected chi connectivity index (χ2v) is 10.9. The van der Waals surface area contributed by atoms with E-state index in [1.165, 1.54) is 11.3 Å². The highest BCUT2D eigenvalue weighted by molar-refractivity contribution is 7.92. The van der Waals surface area contributed by atoms with Crippen molar-refractivity contribution in [2.45, 2.75) is 36.6 Å². The lowest BCUT2D eigenvalue weighted by Gasteiger charge is -2.22. The van der Waals surface area contributed by atoms with Gasteiger partial charge in [-0.1, -0.05) is 0 Å². The Kier molecular flexibility index (Phi) is 4.52. The summed E-state index contributed by atoms with van der Waals surface area (Å²) < 4.78 is 50.9. The Hall–Kier alpha value is -0.480. The Balaban J connectivity index is 2.25. The van der Waals surface area contributed by atoms with Gasteiger partial charge in [0.05, 0.1) is 11.5 Å². The molecule has 1 aromatic heterocycles. The highest BCUT2D eigenvalue weighted by Gasteiger charge is 2.41. The predicted molar refractivity (Wildman–Crippen MR) is 83.8 cm³/mol. The summed E-state index contributed by atoms with van der Waals surface area (Å²) in [5.41, 5.74) is -0.00226. The van der Waals surface area contributed by atoms with Crippen LogP contribution in [0.4, 0.5) is 0 Å². The lowest BCUT2D eigenvalue weighted by molar-refractivity contribution is 0.462. The van der Waals surface area contributed by atoms with Crippen LogP contribution >= 0.6 is 11.3 Å². The molecule has 1 aliphatic heterocycles. The summed E-state index contributed by atoms with van der Waals surface area (Å²) in [6.07, 6.45) is 0.308. The number of hydrogen-bond donors (Lipinski definition) is 2. The van der Waals surface area contributed by atoms with Crippen LogP contribution < -0.4 is 10.0 Å². The normalized spacial score (nSPS) is 25.3. The number of rotatable bonds is 5. The van der Waals surface area contributed by atoms with E-state index in [9.17, 15) is 16.8 Å². The van der Waals surface area contributed by atoms with Gasteiger partial charge in [-0.2, -0.15) is 0 Å². The monoisotopic (exact) mass is 352 g/mol. The Morgan fingerprint density at radius 2 is 2.10 bits per heavy atom. The van der Waals surface area contributed by atoms with E-state index in [-0.39, 0.29) is 15.7 Å². The lowest BCUT2D eigenvalue weighted by atomic mass is 10.0. The molecular weight excluding hydrogens is 332 g/mol. The first-order valence-electron chi connectivity index (χ1n) is 6.55. The molecule has 0 amide bonds. The second-order valence-electron chi connectivity index (χ2n) is 5.71. The smallest absolute Gasteiger partial charge is 0.250 e. The molecule has 0 saturated carbocycles. The summed E-state index contributed by atoms with van der Waals surface area (Å²) in [5, 5.41) is 3.00. The average molecular weight is 353 g/mol. The Morgan fingerprint density at radius 1 is 1.43 bits per heavy atom. The first-order chi connectivity index (χ1) is 9.57. The van der Waals surface area contributed by atoms with Gasteiger partial charge in [-0.05, 0) is 38.9 Å². The molecule has 2 heterocycles. The largest absolute Gasteiger partial charge is 0.315 e. The maximum atomic E-state index is 12.5. The van der Waals surface area contributed by atoms with Crippen molar-refractivity contribution in [2.24, 2.45) is 0 Å². The summed E-state index contributed by atoms with van der Waals surface area (Å²) in [6, 6.07) is 1.63. The van der Waals surface area contributed by atoms with Gasteiger partial charge in [0, 0.05) is 17.0 Å². The molecule has 0 aliphatic carbocycles. The maximum absolute atomic E-state index is 12.5. The minimum absolute atomic E-state index is 0.0283. The zero-order valence-electron chi connectivity index (χ0n) is 12.3. The molecule has 0 radical (unpaired) electrons. The Morgan fingerprint density at radius 3 is 2.62 bits per heavy atom. The number of sulfone groups is 1. The number of sulfonamides is 1. The maximum Gasteiger partial charge on any atom is 0.250 e. The summed E-state index contributed by atoms with van der Waals surface area (Å²) in [7, 11) is -5.05. The average Bonchev–Trinajstić information content (AvgIpc) is 2.81. The van der Waals surface area contributed by atoms with Gasteiger partial charge in [0.2, 0.25) is 0 Å². The van der Waals surface area contributed by atoms with Crippen LogP contribution in [0.15, 0.2) is 10.3 Å². The zero-order valence-corrected chi connectivity index (χ0v) is 14.7. The highest BCUT2D eigenvalue weighted by Crippen LogP contribution is 2.29. The molecule has 9 heteroatoms. The van der Waals surface area contributed by atoms with Crippen LogP contribution in [0, 0.1) is 6.92 Å². The van der Waals surface area contributed by atoms with E-state index in [1.807, 2.05) is 6.92 Å². The summed E-state index contributed by atoms with van der Waals surface area (Å²) >= 11 is 1.21. The molecule has 21 heavy (non-hydrogen) atoms. The summed E-state index contributed by atoms with van der Waals surface area (Å²) in [5.74, 6) is -0.118. The van der Waals surface area contributed by atoms with Crippen LogP contribution in [0.25, 0.3) is 0 Å². The van der Waals surface area contributed by atoms with Crippen LogP contribution in [0.2, 0.25) is 0 Å². The van der Waals surface area contributed by atoms with Gasteiger partial charge >= 0.3 is 0 Å². The van der Waals surface area contributed by atoms with Crippen molar-refractivity contribution in [2.75, 3.05) is 18.6 Å². The van der Waals surface area contributed by atoms with Gasteiger partial charge in [-0.25, -0.2) is 21.6 Å². The van der Waals surface area contributed by atoms with E-state index in [1.54, 1.807) is 20.0 Å². The van der Waals surface area contributed by atoms with Crippen LogP contribution in [0.3, 0.4) is 0 Å². The van der Waals surface area contributed by atoms with Crippen molar-refractivity contribution in [3.8, 4) is 0 Å². The molecule has 1 fully saturated rings. The number of aryl methyl sites for hydroxylation is 1. The molecule has 1 aromatic rings. The lowest BCUT2D eigenvalue weighted by Crippen LogP contribution is -2.46. The van der Waals surface area contributed by atoms with E-state index in [2.05, 4.69) is 10.0 Å². The first kappa shape index (κ1) is 16.9. The topological polar surface area (TPSA) is 92.3 Å². The Labute approximate surface area is 129 Å². The van der Waals surface area contributed by atoms with Gasteiger partial charge in [0.1, 0.15) is 4.21 Å². The number of hydrogen-bond acceptors (Lipinski definition) is 6. The summed E-state index contributed by atoms with van der Waals surface area (Å²) in [6.45, 7) is 4.12. The summed E-state index contributed by atoms with van der Waals surface area (Å²) in [4.78, 5) is 0.960. The molecule has 1 atom stereocenters. The van der Waals surface area contributed by atoms with Gasteiger partial charge in [0.15, 0.2) is 9.84 Å². The van der Waals surface area contributed by atoms with Crippen LogP contribution in [-0.4, -0.2) is 40.9 Å². The molecule has 0 aromatic carbocycles. The first-order valence-corrected chi connectivity index (χ1v) is 10.7. The molecule has 1 saturated heterocycles. The number of nitrogens with one attached hydrogen (secondary N) is 2. The molecule has 1 unspecified atom stereocenters. The standard InChI is InChI=1S/C12H20N2O4S3/c1-9-6-11(19-10(9)7-13-3)21(17,18)14-12(2)4-5-20(15,16)8-12/h6,13-14H,4-5,7-8H2,1-3H3. The fourth-order valence-electron chi connectivity index (χ4n) is 2.42. The minimum atomic E-state index is -3.70. The van der Waals surface area contributed by atoms with Crippen molar-refractivity contribution < 1.29 is 16.8 Å². The van der Waals surface area contributed by atoms with E-state index in [0.717, 1.165) is 10.4 Å². The highest BCUT2D eigenvalue weighted by atomic mass is 32.2. The van der Waals surface area contributed by atoms with E-state index in [4.69, 9.17) is 0 Å². The molecule has 0 bridgehead atoms. The van der Waals surface area contributed by atoms with Crippen molar-refractivity contribution >= 4 is 31.2 Å². The fraction of sp³-hybridized carbons (Fsp3) is 0.667. The minimum Gasteiger partial charge on any atom is -0.315 e. The third kappa shape index (κ3) is 3.84. The van der Waals surface area contributed by atoms with E-state index < -0.39 is 25.4 Å². The van der Waals surface area contributed by atoms with Crippen molar-refractivity contribution in [1.82, 2.24) is 10.0 Å². The second kappa shape index (κ2) is 5.62. The van der Waals surface area contributed by atoms with E-state index >= 15 is 0 Å². The molecular formula is C12H20N2O4S3. The van der Waals surface area contributed by atoms with Gasteiger partial charge in [-0.3, -0.25) is 0 Å². The number of thiophene rings is 1. The van der Waals surface area contributed by atoms with Crippen LogP contribution in [0.1, 0.15) is 23.8 Å². The van der Waals surface area contributed by atoms with Crippen molar-refractivity contribution in [1.29, 1.82) is 0 Å². The fourth-order valence-corrected chi connectivity index (χ4v) is 7.64. The molecule has 120 valence electrons. The molecule has 1 aliphatic rings. The van der Waals surface area contributed by atoms with Crippen molar-refractivity contribution in [3.63, 3.8) is 0 Å². The molecule has 2 rings (SSSR count). The van der Waals surface area contributed by atoms with Gasteiger partial charge in [0.25, 0.3) is 10.0 Å². The van der Waals surface area contributed by atoms with Crippen LogP contribution in [0.5, 0.6) is 0 Å². The van der Waals surface area contributed by atoms with Gasteiger partial charge in [-0.15, -0.1) is 11.3 Å². The molecule has 0 spiro atoms. The van der Waals surface area contributed by atoms with Crippen LogP contribution in [-0.2, 0) is 26.4 Å². The molecule has 2 N–H and O–H groups in total. The van der Waals surface area contributed by atoms with Crippen molar-refractivity contribution in [3.05, 3.63) is 16.5 Å². The van der Waals surface area contributed by atoms with Gasteiger partial charge < -0.3 is 5.32 Å². The van der Waals surface area contributed by atoms with E-state index in [0.29, 0.717) is 13.0 Å². The Bertz CT molecular complexity index is 737. The predicted octanol–water partition coefficient (Wildman–Crippen LogP) is 0.631. The zero-order chi connectivity index (χ0) is 15.9. The SMILES string of the molecule is CNCc1sc(S(=O)(=O)NC2(C)CCS(=O)(=O)C2)cc1C. The third-order valence-electron chi connectivity index (χ3n) is 3.48.